The van der Waals surface area contributed by atoms with Gasteiger partial charge in [-0.3, -0.25) is 19.5 Å². The van der Waals surface area contributed by atoms with E-state index in [9.17, 15) is 19.2 Å². The number of alkyl carbamates (subject to hydrolysis) is 1. The predicted octanol–water partition coefficient (Wildman–Crippen LogP) is 3.49. The first kappa shape index (κ1) is 37.4. The van der Waals surface area contributed by atoms with E-state index in [1.165, 1.54) is 11.9 Å². The van der Waals surface area contributed by atoms with Gasteiger partial charge in [0.25, 0.3) is 0 Å². The summed E-state index contributed by atoms with van der Waals surface area (Å²) >= 11 is 0. The fraction of sp³-hybridized carbons (Fsp3) is 0.526. The predicted molar refractivity (Wildman–Crippen MR) is 194 cm³/mol. The van der Waals surface area contributed by atoms with E-state index >= 15 is 0 Å². The van der Waals surface area contributed by atoms with Gasteiger partial charge in [-0.2, -0.15) is 5.10 Å². The summed E-state index contributed by atoms with van der Waals surface area (Å²) in [5.74, 6) is -0.204. The van der Waals surface area contributed by atoms with Crippen molar-refractivity contribution in [2.45, 2.75) is 90.1 Å². The summed E-state index contributed by atoms with van der Waals surface area (Å²) < 4.78 is 24.2. The van der Waals surface area contributed by atoms with Crippen molar-refractivity contribution < 1.29 is 38.1 Å². The summed E-state index contributed by atoms with van der Waals surface area (Å²) in [7, 11) is 3.12. The van der Waals surface area contributed by atoms with Gasteiger partial charge >= 0.3 is 6.09 Å². The van der Waals surface area contributed by atoms with Gasteiger partial charge in [0.05, 0.1) is 31.5 Å². The minimum atomic E-state index is -1.16. The summed E-state index contributed by atoms with van der Waals surface area (Å²) in [4.78, 5) is 60.1. The molecule has 0 radical (unpaired) electrons. The van der Waals surface area contributed by atoms with Crippen molar-refractivity contribution in [3.8, 4) is 17.4 Å². The Kier molecular flexibility index (Phi) is 10.6. The molecule has 1 saturated carbocycles. The van der Waals surface area contributed by atoms with Gasteiger partial charge in [0.2, 0.25) is 23.6 Å². The van der Waals surface area contributed by atoms with Crippen LogP contribution in [-0.4, -0.2) is 94.9 Å². The molecule has 3 aromatic rings. The van der Waals surface area contributed by atoms with Crippen molar-refractivity contribution in [1.29, 1.82) is 0 Å². The highest BCUT2D eigenvalue weighted by molar-refractivity contribution is 5.98. The number of likely N-dealkylation sites (N-methyl/N-ethyl adjacent to an activating group) is 1. The normalized spacial score (nSPS) is 25.7. The lowest BCUT2D eigenvalue weighted by Crippen LogP contribution is -2.57. The average Bonchev–Trinajstić information content (AvgIpc) is 3.42. The standard InChI is InChI=1S/C38H49N7O8/c1-8-24-17-38(24,35(48)39-6)42-33(46)29-14-26-18-45(29)34(47)22(3)40-36(49)52-20-37(4,5)11-9-10-23-13-27-28(15-30(23)50-7)41-32(16-31(27)53-26)51-19-25-12-21(2)43-44-25/h8,12-13,15-16,22,24,26,29H,1,9-11,14,17-20H2,2-7H3,(H,39,48)(H,40,49)(H,42,46)(H,43,44)/t22-,24?,26+,29-,38+/m0/s1. The Morgan fingerprint density at radius 3 is 2.68 bits per heavy atom. The number of aryl methyl sites for hydroxylation is 2. The monoisotopic (exact) mass is 731 g/mol. The van der Waals surface area contributed by atoms with Gasteiger partial charge in [-0.05, 0) is 62.6 Å². The van der Waals surface area contributed by atoms with Crippen LogP contribution >= 0.6 is 0 Å². The van der Waals surface area contributed by atoms with Gasteiger partial charge in [-0.25, -0.2) is 9.78 Å². The molecule has 4 bridgehead atoms. The molecule has 1 aromatic carbocycles. The zero-order valence-electron chi connectivity index (χ0n) is 31.2. The number of fused-ring (bicyclic) bond motifs is 3. The summed E-state index contributed by atoms with van der Waals surface area (Å²) in [6.45, 7) is 11.6. The zero-order chi connectivity index (χ0) is 38.1. The van der Waals surface area contributed by atoms with Crippen LogP contribution in [-0.2, 0) is 32.1 Å². The minimum absolute atomic E-state index is 0.0262. The van der Waals surface area contributed by atoms with Crippen molar-refractivity contribution in [2.24, 2.45) is 11.3 Å². The molecule has 4 heterocycles. The van der Waals surface area contributed by atoms with E-state index in [2.05, 4.69) is 32.7 Å². The maximum Gasteiger partial charge on any atom is 0.407 e. The number of aromatic amines is 1. The van der Waals surface area contributed by atoms with Gasteiger partial charge in [0.15, 0.2) is 0 Å². The fourth-order valence-electron chi connectivity index (χ4n) is 7.23. The van der Waals surface area contributed by atoms with Crippen LogP contribution in [0.4, 0.5) is 4.79 Å². The van der Waals surface area contributed by atoms with Gasteiger partial charge in [0, 0.05) is 42.6 Å². The van der Waals surface area contributed by atoms with Crippen LogP contribution in [0.25, 0.3) is 10.9 Å². The number of carbonyl (C=O) groups is 4. The van der Waals surface area contributed by atoms with E-state index in [0.29, 0.717) is 46.8 Å². The Bertz CT molecular complexity index is 1910. The Labute approximate surface area is 308 Å². The average molecular weight is 732 g/mol. The number of hydrogen-bond acceptors (Lipinski definition) is 10. The summed E-state index contributed by atoms with van der Waals surface area (Å²) in [5.41, 5.74) is 1.60. The maximum absolute atomic E-state index is 14.1. The molecule has 3 aliphatic rings. The molecule has 284 valence electrons. The lowest BCUT2D eigenvalue weighted by atomic mass is 9.87. The number of ether oxygens (including phenoxy) is 4. The minimum Gasteiger partial charge on any atom is -0.496 e. The number of nitrogens with one attached hydrogen (secondary N) is 4. The summed E-state index contributed by atoms with van der Waals surface area (Å²) in [5, 5.41) is 16.1. The molecule has 15 heteroatoms. The largest absolute Gasteiger partial charge is 0.496 e. The zero-order valence-corrected chi connectivity index (χ0v) is 31.2. The van der Waals surface area contributed by atoms with Crippen LogP contribution in [0.3, 0.4) is 0 Å². The topological polar surface area (TPSA) is 186 Å². The maximum atomic E-state index is 14.1. The molecule has 2 fully saturated rings. The third-order valence-electron chi connectivity index (χ3n) is 10.3. The second-order valence-corrected chi connectivity index (χ2v) is 15.0. The SMILES string of the molecule is C=CC1C[C@]1(NC(=O)[C@@H]1C[C@@H]2CN1C(=O)[C@H](C)NC(=O)OCC(C)(C)CCCc1cc3c(cc(OCc4cc(C)[nH]n4)nc3cc1OC)O2)C(=O)NC. The molecular weight excluding hydrogens is 682 g/mol. The van der Waals surface area contributed by atoms with E-state index in [1.54, 1.807) is 26.2 Å². The van der Waals surface area contributed by atoms with Crippen LogP contribution in [0.15, 0.2) is 36.9 Å². The molecule has 2 aromatic heterocycles. The number of rotatable bonds is 8. The van der Waals surface area contributed by atoms with E-state index in [4.69, 9.17) is 23.9 Å². The van der Waals surface area contributed by atoms with Crippen molar-refractivity contribution >= 4 is 34.7 Å². The van der Waals surface area contributed by atoms with E-state index in [1.807, 2.05) is 39.0 Å². The number of cyclic esters (lactones) is 1. The lowest BCUT2D eigenvalue weighted by molar-refractivity contribution is -0.140. The number of nitrogens with zero attached hydrogens (tertiary/aromatic N) is 3. The molecule has 53 heavy (non-hydrogen) atoms. The van der Waals surface area contributed by atoms with Crippen LogP contribution in [0, 0.1) is 18.3 Å². The smallest absolute Gasteiger partial charge is 0.407 e. The molecule has 2 aliphatic heterocycles. The summed E-state index contributed by atoms with van der Waals surface area (Å²) in [6.07, 6.45) is 2.95. The number of hydrogen-bond donors (Lipinski definition) is 4. The Hall–Kier alpha value is -5.34. The highest BCUT2D eigenvalue weighted by Crippen LogP contribution is 2.45. The molecule has 4 N–H and O–H groups in total. The first-order valence-corrected chi connectivity index (χ1v) is 18.0. The molecular formula is C38H49N7O8. The first-order chi connectivity index (χ1) is 25.2. The third kappa shape index (κ3) is 8.03. The van der Waals surface area contributed by atoms with Crippen molar-refractivity contribution in [3.05, 3.63) is 53.9 Å². The second kappa shape index (κ2) is 15.0. The molecule has 0 spiro atoms. The van der Waals surface area contributed by atoms with Gasteiger partial charge in [0.1, 0.15) is 41.8 Å². The molecule has 1 aliphatic carbocycles. The lowest BCUT2D eigenvalue weighted by Gasteiger charge is -2.29. The molecule has 15 nitrogen and oxygen atoms in total. The quantitative estimate of drug-likeness (QED) is 0.250. The van der Waals surface area contributed by atoms with Crippen molar-refractivity contribution in [1.82, 2.24) is 36.0 Å². The number of methoxy groups -OCH3 is 1. The van der Waals surface area contributed by atoms with E-state index < -0.39 is 41.6 Å². The van der Waals surface area contributed by atoms with Crippen LogP contribution in [0.2, 0.25) is 0 Å². The van der Waals surface area contributed by atoms with Crippen molar-refractivity contribution in [3.63, 3.8) is 0 Å². The number of amides is 4. The van der Waals surface area contributed by atoms with Crippen LogP contribution in [0.1, 0.15) is 63.4 Å². The summed E-state index contributed by atoms with van der Waals surface area (Å²) in [6, 6.07) is 5.41. The molecule has 1 unspecified atom stereocenters. The second-order valence-electron chi connectivity index (χ2n) is 15.0. The van der Waals surface area contributed by atoms with Gasteiger partial charge in [-0.15, -0.1) is 6.58 Å². The van der Waals surface area contributed by atoms with E-state index in [-0.39, 0.29) is 43.4 Å². The van der Waals surface area contributed by atoms with Crippen LogP contribution in [0.5, 0.6) is 17.4 Å². The van der Waals surface area contributed by atoms with Crippen molar-refractivity contribution in [2.75, 3.05) is 27.3 Å². The Morgan fingerprint density at radius 1 is 1.21 bits per heavy atom. The third-order valence-corrected chi connectivity index (χ3v) is 10.3. The number of aromatic nitrogens is 3. The Morgan fingerprint density at radius 2 is 2.00 bits per heavy atom. The van der Waals surface area contributed by atoms with Gasteiger partial charge in [-0.1, -0.05) is 19.9 Å². The number of carbonyl (C=O) groups excluding carboxylic acids is 4. The molecule has 1 saturated heterocycles. The number of benzene rings is 1. The number of pyridine rings is 1. The van der Waals surface area contributed by atoms with Crippen LogP contribution < -0.4 is 30.2 Å². The van der Waals surface area contributed by atoms with Gasteiger partial charge < -0.3 is 39.8 Å². The highest BCUT2D eigenvalue weighted by atomic mass is 16.5. The fourth-order valence-corrected chi connectivity index (χ4v) is 7.23. The molecule has 5 atom stereocenters. The molecule has 4 amide bonds. The van der Waals surface area contributed by atoms with E-state index in [0.717, 1.165) is 24.1 Å². The number of H-pyrrole nitrogens is 1. The molecule has 6 rings (SSSR count). The Balaban J connectivity index is 1.38. The highest BCUT2D eigenvalue weighted by Gasteiger charge is 2.60. The first-order valence-electron chi connectivity index (χ1n) is 18.0.